The van der Waals surface area contributed by atoms with Crippen molar-refractivity contribution in [3.8, 4) is 11.5 Å². The summed E-state index contributed by atoms with van der Waals surface area (Å²) in [6.45, 7) is 3.78. The van der Waals surface area contributed by atoms with Crippen molar-refractivity contribution in [2.75, 3.05) is 27.3 Å². The first-order chi connectivity index (χ1) is 14.2. The second kappa shape index (κ2) is 11.9. The number of para-hydroxylation sites is 1. The average Bonchev–Trinajstić information content (AvgIpc) is 3.15. The van der Waals surface area contributed by atoms with Gasteiger partial charge in [0.05, 0.1) is 18.7 Å². The van der Waals surface area contributed by atoms with Gasteiger partial charge in [-0.25, -0.2) is 0 Å². The van der Waals surface area contributed by atoms with E-state index in [0.717, 1.165) is 30.0 Å². The van der Waals surface area contributed by atoms with Gasteiger partial charge < -0.3 is 25.1 Å². The fourth-order valence-corrected chi connectivity index (χ4v) is 3.51. The molecule has 0 saturated heterocycles. The molecule has 3 N–H and O–H groups in total. The Balaban J connectivity index is 0.00000320. The smallest absolute Gasteiger partial charge is 0.191 e. The van der Waals surface area contributed by atoms with E-state index in [4.69, 9.17) is 21.1 Å². The van der Waals surface area contributed by atoms with Gasteiger partial charge in [-0.2, -0.15) is 0 Å². The lowest BCUT2D eigenvalue weighted by Crippen LogP contribution is -2.37. The van der Waals surface area contributed by atoms with Gasteiger partial charge in [-0.3, -0.25) is 4.99 Å². The van der Waals surface area contributed by atoms with Crippen LogP contribution in [0.3, 0.4) is 0 Å². The Morgan fingerprint density at radius 2 is 2.00 bits per heavy atom. The number of rotatable bonds is 8. The number of aliphatic imine (C=N–C) groups is 1. The lowest BCUT2D eigenvalue weighted by atomic mass is 10.1. The third-order valence-electron chi connectivity index (χ3n) is 4.62. The fraction of sp³-hybridized carbons (Fsp3) is 0.318. The molecule has 0 aliphatic rings. The van der Waals surface area contributed by atoms with Gasteiger partial charge in [0.1, 0.15) is 0 Å². The van der Waals surface area contributed by atoms with Gasteiger partial charge in [0.25, 0.3) is 0 Å². The van der Waals surface area contributed by atoms with E-state index in [-0.39, 0.29) is 24.0 Å². The highest BCUT2D eigenvalue weighted by Crippen LogP contribution is 2.36. The van der Waals surface area contributed by atoms with Crippen molar-refractivity contribution in [2.24, 2.45) is 4.99 Å². The van der Waals surface area contributed by atoms with Crippen molar-refractivity contribution in [2.45, 2.75) is 19.9 Å². The predicted octanol–water partition coefficient (Wildman–Crippen LogP) is 4.75. The molecule has 0 aliphatic heterocycles. The Hall–Kier alpha value is -2.13. The zero-order chi connectivity index (χ0) is 20.6. The first-order valence-electron chi connectivity index (χ1n) is 9.65. The summed E-state index contributed by atoms with van der Waals surface area (Å²) in [7, 11) is 3.36. The first kappa shape index (κ1) is 24.1. The van der Waals surface area contributed by atoms with Crippen molar-refractivity contribution in [1.29, 1.82) is 0 Å². The molecule has 6 nitrogen and oxygen atoms in total. The van der Waals surface area contributed by atoms with Gasteiger partial charge in [0, 0.05) is 37.2 Å². The molecule has 0 amide bonds. The van der Waals surface area contributed by atoms with Crippen LogP contribution in [0.1, 0.15) is 18.1 Å². The number of halogens is 2. The third kappa shape index (κ3) is 5.95. The van der Waals surface area contributed by atoms with Gasteiger partial charge in [-0.15, -0.1) is 24.0 Å². The number of hydrogen-bond acceptors (Lipinski definition) is 3. The van der Waals surface area contributed by atoms with E-state index >= 15 is 0 Å². The maximum Gasteiger partial charge on any atom is 0.191 e. The number of hydrogen-bond donors (Lipinski definition) is 3. The minimum atomic E-state index is 0. The fourth-order valence-electron chi connectivity index (χ4n) is 3.22. The van der Waals surface area contributed by atoms with Crippen LogP contribution in [0, 0.1) is 0 Å². The highest BCUT2D eigenvalue weighted by molar-refractivity contribution is 14.0. The minimum absolute atomic E-state index is 0. The van der Waals surface area contributed by atoms with Crippen molar-refractivity contribution in [3.05, 3.63) is 58.7 Å². The van der Waals surface area contributed by atoms with Crippen LogP contribution in [0.5, 0.6) is 11.5 Å². The van der Waals surface area contributed by atoms with Gasteiger partial charge >= 0.3 is 0 Å². The molecule has 1 heterocycles. The number of methoxy groups -OCH3 is 1. The molecule has 1 aromatic heterocycles. The largest absolute Gasteiger partial charge is 0.493 e. The van der Waals surface area contributed by atoms with Gasteiger partial charge in [0.15, 0.2) is 17.5 Å². The summed E-state index contributed by atoms with van der Waals surface area (Å²) >= 11 is 6.35. The van der Waals surface area contributed by atoms with E-state index in [9.17, 15) is 0 Å². The molecule has 3 rings (SSSR count). The molecular weight excluding hydrogens is 515 g/mol. The number of nitrogens with zero attached hydrogens (tertiary/aromatic N) is 1. The van der Waals surface area contributed by atoms with E-state index in [2.05, 4.69) is 45.0 Å². The van der Waals surface area contributed by atoms with Crippen molar-refractivity contribution >= 4 is 52.4 Å². The summed E-state index contributed by atoms with van der Waals surface area (Å²) in [4.78, 5) is 7.60. The number of guanidine groups is 1. The monoisotopic (exact) mass is 542 g/mol. The zero-order valence-electron chi connectivity index (χ0n) is 17.4. The van der Waals surface area contributed by atoms with Crippen LogP contribution in [0.25, 0.3) is 10.9 Å². The molecule has 0 fully saturated rings. The first-order valence-corrected chi connectivity index (χ1v) is 10.0. The maximum atomic E-state index is 6.35. The molecule has 0 saturated carbocycles. The number of ether oxygens (including phenoxy) is 2. The topological polar surface area (TPSA) is 70.7 Å². The summed E-state index contributed by atoms with van der Waals surface area (Å²) < 4.78 is 11.0. The number of fused-ring (bicyclic) bond motifs is 1. The lowest BCUT2D eigenvalue weighted by molar-refractivity contribution is 0.311. The molecule has 2 aromatic carbocycles. The number of aromatic amines is 1. The van der Waals surface area contributed by atoms with Gasteiger partial charge in [0.2, 0.25) is 0 Å². The van der Waals surface area contributed by atoms with E-state index in [1.807, 2.05) is 25.1 Å². The minimum Gasteiger partial charge on any atom is -0.493 e. The summed E-state index contributed by atoms with van der Waals surface area (Å²) in [6.07, 6.45) is 2.96. The highest BCUT2D eigenvalue weighted by Gasteiger charge is 2.12. The Kier molecular flexibility index (Phi) is 9.58. The molecule has 3 aromatic rings. The van der Waals surface area contributed by atoms with E-state index < -0.39 is 0 Å². The maximum absolute atomic E-state index is 6.35. The molecule has 8 heteroatoms. The number of nitrogens with one attached hydrogen (secondary N) is 3. The standard InChI is InChI=1S/C22H27ClN4O2.HI/c1-4-29-21-18(23)11-15(12-20(21)28-3)13-27-22(24-2)25-10-9-16-14-26-19-8-6-5-7-17(16)19;/h5-8,11-12,14,26H,4,9-10,13H2,1-3H3,(H2,24,25,27);1H. The normalized spacial score (nSPS) is 11.1. The third-order valence-corrected chi connectivity index (χ3v) is 4.90. The van der Waals surface area contributed by atoms with Crippen molar-refractivity contribution in [3.63, 3.8) is 0 Å². The quantitative estimate of drug-likeness (QED) is 0.218. The molecule has 0 unspecified atom stereocenters. The van der Waals surface area contributed by atoms with Gasteiger partial charge in [-0.1, -0.05) is 29.8 Å². The lowest BCUT2D eigenvalue weighted by Gasteiger charge is -2.15. The second-order valence-corrected chi connectivity index (χ2v) is 6.91. The Morgan fingerprint density at radius 1 is 1.20 bits per heavy atom. The number of benzene rings is 2. The van der Waals surface area contributed by atoms with E-state index in [1.54, 1.807) is 14.2 Å². The Morgan fingerprint density at radius 3 is 2.73 bits per heavy atom. The van der Waals surface area contributed by atoms with E-state index in [0.29, 0.717) is 29.7 Å². The molecule has 0 aliphatic carbocycles. The summed E-state index contributed by atoms with van der Waals surface area (Å²) in [5.74, 6) is 1.92. The van der Waals surface area contributed by atoms with Crippen LogP contribution in [0.15, 0.2) is 47.6 Å². The van der Waals surface area contributed by atoms with Crippen LogP contribution in [0.4, 0.5) is 0 Å². The molecule has 0 radical (unpaired) electrons. The zero-order valence-corrected chi connectivity index (χ0v) is 20.5. The second-order valence-electron chi connectivity index (χ2n) is 6.50. The molecule has 0 spiro atoms. The van der Waals surface area contributed by atoms with Gasteiger partial charge in [-0.05, 0) is 42.7 Å². The van der Waals surface area contributed by atoms with Crippen LogP contribution in [0.2, 0.25) is 5.02 Å². The number of H-pyrrole nitrogens is 1. The number of aromatic nitrogens is 1. The molecular formula is C22H28ClIN4O2. The van der Waals surface area contributed by atoms with E-state index in [1.165, 1.54) is 10.9 Å². The Labute approximate surface area is 199 Å². The summed E-state index contributed by atoms with van der Waals surface area (Å²) in [6, 6.07) is 12.1. The molecule has 30 heavy (non-hydrogen) atoms. The Bertz CT molecular complexity index is 990. The summed E-state index contributed by atoms with van der Waals surface area (Å²) in [5, 5.41) is 8.45. The van der Waals surface area contributed by atoms with Crippen LogP contribution in [-0.2, 0) is 13.0 Å². The molecule has 162 valence electrons. The van der Waals surface area contributed by atoms with Crippen molar-refractivity contribution < 1.29 is 9.47 Å². The van der Waals surface area contributed by atoms with Crippen LogP contribution >= 0.6 is 35.6 Å². The SMILES string of the molecule is CCOc1c(Cl)cc(CNC(=NC)NCCc2c[nH]c3ccccc23)cc1OC.I. The highest BCUT2D eigenvalue weighted by atomic mass is 127. The molecule has 0 atom stereocenters. The molecule has 0 bridgehead atoms. The van der Waals surface area contributed by atoms with Crippen molar-refractivity contribution in [1.82, 2.24) is 15.6 Å². The van der Waals surface area contributed by atoms with Crippen LogP contribution < -0.4 is 20.1 Å². The summed E-state index contributed by atoms with van der Waals surface area (Å²) in [5.41, 5.74) is 3.42. The van der Waals surface area contributed by atoms with Crippen LogP contribution in [-0.4, -0.2) is 38.3 Å². The predicted molar refractivity (Wildman–Crippen MR) is 135 cm³/mol. The average molecular weight is 543 g/mol.